The number of hydrogen-bond donors (Lipinski definition) is 2. The number of aryl methyl sites for hydroxylation is 2. The van der Waals surface area contributed by atoms with E-state index in [0.29, 0.717) is 24.5 Å². The number of H-pyrrole nitrogens is 1. The Hall–Kier alpha value is -2.50. The van der Waals surface area contributed by atoms with Crippen molar-refractivity contribution in [2.45, 2.75) is 26.7 Å². The molecule has 0 radical (unpaired) electrons. The first kappa shape index (κ1) is 14.9. The van der Waals surface area contributed by atoms with Crippen LogP contribution in [0, 0.1) is 13.8 Å². The minimum atomic E-state index is -0.173. The van der Waals surface area contributed by atoms with E-state index in [2.05, 4.69) is 20.3 Å². The summed E-state index contributed by atoms with van der Waals surface area (Å²) in [5.41, 5.74) is 2.27. The molecule has 21 heavy (non-hydrogen) atoms. The van der Waals surface area contributed by atoms with Crippen molar-refractivity contribution in [1.82, 2.24) is 20.3 Å². The van der Waals surface area contributed by atoms with Gasteiger partial charge in [-0.1, -0.05) is 6.07 Å². The molecule has 2 heterocycles. The van der Waals surface area contributed by atoms with Gasteiger partial charge in [0.1, 0.15) is 5.82 Å². The van der Waals surface area contributed by atoms with Crippen LogP contribution in [-0.2, 0) is 17.6 Å². The molecule has 110 valence electrons. The number of carbonyl (C=O) groups excluding carboxylic acids is 1. The number of rotatable bonds is 5. The van der Waals surface area contributed by atoms with Gasteiger partial charge < -0.3 is 10.3 Å². The van der Waals surface area contributed by atoms with Crippen molar-refractivity contribution in [3.8, 4) is 0 Å². The van der Waals surface area contributed by atoms with Gasteiger partial charge in [-0.3, -0.25) is 14.6 Å². The molecular weight excluding hydrogens is 268 g/mol. The van der Waals surface area contributed by atoms with Gasteiger partial charge in [0.15, 0.2) is 0 Å². The largest absolute Gasteiger partial charge is 0.355 e. The summed E-state index contributed by atoms with van der Waals surface area (Å²) in [5.74, 6) is 0.487. The molecule has 0 aliphatic heterocycles. The molecule has 2 aromatic rings. The number of carbonyl (C=O) groups is 1. The van der Waals surface area contributed by atoms with Crippen LogP contribution in [0.25, 0.3) is 0 Å². The summed E-state index contributed by atoms with van der Waals surface area (Å²) >= 11 is 0. The van der Waals surface area contributed by atoms with Gasteiger partial charge in [0.25, 0.3) is 5.56 Å². The molecule has 0 unspecified atom stereocenters. The summed E-state index contributed by atoms with van der Waals surface area (Å²) in [6, 6.07) is 5.21. The van der Waals surface area contributed by atoms with E-state index < -0.39 is 0 Å². The van der Waals surface area contributed by atoms with E-state index >= 15 is 0 Å². The van der Waals surface area contributed by atoms with Gasteiger partial charge in [-0.05, 0) is 25.5 Å². The van der Waals surface area contributed by atoms with Crippen molar-refractivity contribution >= 4 is 5.91 Å². The van der Waals surface area contributed by atoms with E-state index in [4.69, 9.17) is 0 Å². The summed E-state index contributed by atoms with van der Waals surface area (Å²) in [5, 5.41) is 2.80. The first-order chi connectivity index (χ1) is 10.0. The van der Waals surface area contributed by atoms with Gasteiger partial charge >= 0.3 is 0 Å². The predicted octanol–water partition coefficient (Wildman–Crippen LogP) is 0.683. The topological polar surface area (TPSA) is 87.7 Å². The van der Waals surface area contributed by atoms with Crippen LogP contribution in [0.4, 0.5) is 0 Å². The number of pyridine rings is 1. The molecule has 0 saturated carbocycles. The molecule has 2 N–H and O–H groups in total. The molecule has 2 aromatic heterocycles. The molecular formula is C15H18N4O2. The molecule has 0 bridgehead atoms. The number of amides is 1. The number of nitrogens with one attached hydrogen (secondary N) is 2. The maximum atomic E-state index is 11.8. The molecule has 0 aromatic carbocycles. The lowest BCUT2D eigenvalue weighted by Gasteiger charge is -2.06. The summed E-state index contributed by atoms with van der Waals surface area (Å²) in [6.07, 6.45) is 2.42. The highest BCUT2D eigenvalue weighted by Crippen LogP contribution is 2.03. The second-order valence-corrected chi connectivity index (χ2v) is 4.88. The van der Waals surface area contributed by atoms with Crippen LogP contribution in [0.15, 0.2) is 29.2 Å². The molecule has 0 saturated heterocycles. The second kappa shape index (κ2) is 6.78. The van der Waals surface area contributed by atoms with Crippen LogP contribution >= 0.6 is 0 Å². The molecule has 6 heteroatoms. The van der Waals surface area contributed by atoms with Gasteiger partial charge in [0, 0.05) is 30.9 Å². The number of hydrogen-bond acceptors (Lipinski definition) is 4. The maximum absolute atomic E-state index is 11.8. The van der Waals surface area contributed by atoms with Crippen molar-refractivity contribution in [1.29, 1.82) is 0 Å². The Kier molecular flexibility index (Phi) is 4.81. The smallest absolute Gasteiger partial charge is 0.251 e. The summed E-state index contributed by atoms with van der Waals surface area (Å²) in [7, 11) is 0. The lowest BCUT2D eigenvalue weighted by atomic mass is 10.1. The van der Waals surface area contributed by atoms with E-state index in [1.807, 2.05) is 19.1 Å². The lowest BCUT2D eigenvalue weighted by Crippen LogP contribution is -2.28. The highest BCUT2D eigenvalue weighted by molar-refractivity contribution is 5.78. The maximum Gasteiger partial charge on any atom is 0.251 e. The second-order valence-electron chi connectivity index (χ2n) is 4.88. The van der Waals surface area contributed by atoms with Gasteiger partial charge in [-0.25, -0.2) is 4.98 Å². The third-order valence-corrected chi connectivity index (χ3v) is 3.05. The average Bonchev–Trinajstić information content (AvgIpc) is 2.40. The SMILES string of the molecule is Cc1cc(=O)[nH]c(CCNC(=O)Cc2ncccc2C)n1. The number of aromatic amines is 1. The Morgan fingerprint density at radius 3 is 2.90 bits per heavy atom. The minimum Gasteiger partial charge on any atom is -0.355 e. The standard InChI is InChI=1S/C15H18N4O2/c1-10-4-3-6-16-12(10)9-14(20)17-7-5-13-18-11(2)8-15(21)19-13/h3-4,6,8H,5,7,9H2,1-2H3,(H,17,20)(H,18,19,21). The first-order valence-corrected chi connectivity index (χ1v) is 6.78. The zero-order valence-electron chi connectivity index (χ0n) is 12.1. The van der Waals surface area contributed by atoms with Gasteiger partial charge in [-0.15, -0.1) is 0 Å². The Bertz CT molecular complexity index is 694. The van der Waals surface area contributed by atoms with Gasteiger partial charge in [0.05, 0.1) is 12.1 Å². The fourth-order valence-corrected chi connectivity index (χ4v) is 2.00. The van der Waals surface area contributed by atoms with Crippen molar-refractivity contribution in [2.75, 3.05) is 6.54 Å². The van der Waals surface area contributed by atoms with Crippen LogP contribution in [0.3, 0.4) is 0 Å². The molecule has 0 aliphatic carbocycles. The van der Waals surface area contributed by atoms with Crippen molar-refractivity contribution in [3.63, 3.8) is 0 Å². The Labute approximate surface area is 122 Å². The third kappa shape index (κ3) is 4.52. The normalized spacial score (nSPS) is 10.4. The minimum absolute atomic E-state index is 0.0909. The van der Waals surface area contributed by atoms with E-state index in [1.54, 1.807) is 13.1 Å². The van der Waals surface area contributed by atoms with Crippen LogP contribution in [0.1, 0.15) is 22.8 Å². The highest BCUT2D eigenvalue weighted by Gasteiger charge is 2.07. The molecule has 0 spiro atoms. The molecule has 0 atom stereocenters. The highest BCUT2D eigenvalue weighted by atomic mass is 16.1. The average molecular weight is 286 g/mol. The summed E-state index contributed by atoms with van der Waals surface area (Å²) in [4.78, 5) is 34.2. The Morgan fingerprint density at radius 1 is 1.38 bits per heavy atom. The fourth-order valence-electron chi connectivity index (χ4n) is 2.00. The number of aromatic nitrogens is 3. The predicted molar refractivity (Wildman–Crippen MR) is 79.0 cm³/mol. The quantitative estimate of drug-likeness (QED) is 0.846. The Balaban J connectivity index is 1.84. The van der Waals surface area contributed by atoms with E-state index in [9.17, 15) is 9.59 Å². The Morgan fingerprint density at radius 2 is 2.19 bits per heavy atom. The van der Waals surface area contributed by atoms with Crippen LogP contribution in [-0.4, -0.2) is 27.4 Å². The zero-order valence-corrected chi connectivity index (χ0v) is 12.1. The van der Waals surface area contributed by atoms with Crippen molar-refractivity contribution < 1.29 is 4.79 Å². The van der Waals surface area contributed by atoms with E-state index in [-0.39, 0.29) is 17.9 Å². The molecule has 0 fully saturated rings. The third-order valence-electron chi connectivity index (χ3n) is 3.05. The molecule has 6 nitrogen and oxygen atoms in total. The van der Waals surface area contributed by atoms with E-state index in [1.165, 1.54) is 6.07 Å². The first-order valence-electron chi connectivity index (χ1n) is 6.78. The molecule has 2 rings (SSSR count). The number of nitrogens with zero attached hydrogens (tertiary/aromatic N) is 2. The van der Waals surface area contributed by atoms with Crippen molar-refractivity contribution in [3.05, 3.63) is 57.5 Å². The lowest BCUT2D eigenvalue weighted by molar-refractivity contribution is -0.120. The summed E-state index contributed by atoms with van der Waals surface area (Å²) in [6.45, 7) is 4.12. The monoisotopic (exact) mass is 286 g/mol. The fraction of sp³-hybridized carbons (Fsp3) is 0.333. The van der Waals surface area contributed by atoms with Gasteiger partial charge in [-0.2, -0.15) is 0 Å². The van der Waals surface area contributed by atoms with E-state index in [0.717, 1.165) is 11.3 Å². The molecule has 1 amide bonds. The summed E-state index contributed by atoms with van der Waals surface area (Å²) < 4.78 is 0. The van der Waals surface area contributed by atoms with Crippen LogP contribution in [0.2, 0.25) is 0 Å². The van der Waals surface area contributed by atoms with Crippen LogP contribution < -0.4 is 10.9 Å². The van der Waals surface area contributed by atoms with Crippen molar-refractivity contribution in [2.24, 2.45) is 0 Å². The van der Waals surface area contributed by atoms with Gasteiger partial charge in [0.2, 0.25) is 5.91 Å². The molecule has 0 aliphatic rings. The zero-order chi connectivity index (χ0) is 15.2. The van der Waals surface area contributed by atoms with Crippen LogP contribution in [0.5, 0.6) is 0 Å².